The van der Waals surface area contributed by atoms with Crippen molar-refractivity contribution in [2.75, 3.05) is 13.7 Å². The van der Waals surface area contributed by atoms with Crippen LogP contribution in [0.4, 0.5) is 0 Å². The second-order valence-electron chi connectivity index (χ2n) is 5.06. The van der Waals surface area contributed by atoms with Crippen LogP contribution in [0.15, 0.2) is 33.5 Å². The molecule has 22 heavy (non-hydrogen) atoms. The molecule has 3 rings (SSSR count). The fraction of sp³-hybridized carbons (Fsp3) is 0.375. The molecule has 0 radical (unpaired) electrons. The van der Waals surface area contributed by atoms with Crippen LogP contribution >= 0.6 is 0 Å². The smallest absolute Gasteiger partial charge is 0.336 e. The molecule has 1 aromatic heterocycles. The van der Waals surface area contributed by atoms with E-state index in [9.17, 15) is 9.59 Å². The molecule has 0 N–H and O–H groups in total. The molecular formula is C16H16O6. The minimum absolute atomic E-state index is 0.00707. The Morgan fingerprint density at radius 3 is 2.95 bits per heavy atom. The summed E-state index contributed by atoms with van der Waals surface area (Å²) in [5, 5.41) is 0.709. The molecule has 1 fully saturated rings. The number of carbonyl (C=O) groups excluding carboxylic acids is 1. The third kappa shape index (κ3) is 2.96. The summed E-state index contributed by atoms with van der Waals surface area (Å²) in [6.07, 6.45) is 1.04. The van der Waals surface area contributed by atoms with Crippen LogP contribution in [0.3, 0.4) is 0 Å². The normalized spacial score (nSPS) is 17.6. The van der Waals surface area contributed by atoms with Crippen molar-refractivity contribution in [1.29, 1.82) is 0 Å². The molecule has 6 heteroatoms. The number of hydrogen-bond acceptors (Lipinski definition) is 6. The molecule has 2 aromatic rings. The lowest BCUT2D eigenvalue weighted by molar-refractivity contribution is -0.155. The van der Waals surface area contributed by atoms with Crippen LogP contribution in [0.5, 0.6) is 5.75 Å². The number of fused-ring (bicyclic) bond motifs is 1. The SMILES string of the molecule is COc1ccc2c(COC(=O)[C@H]3CCCO3)cc(=O)oc2c1. The molecule has 1 aliphatic heterocycles. The fourth-order valence-corrected chi connectivity index (χ4v) is 2.46. The molecule has 1 saturated heterocycles. The minimum atomic E-state index is -0.496. The molecule has 0 aliphatic carbocycles. The zero-order chi connectivity index (χ0) is 15.5. The zero-order valence-electron chi connectivity index (χ0n) is 12.2. The number of carbonyl (C=O) groups is 1. The minimum Gasteiger partial charge on any atom is -0.497 e. The summed E-state index contributed by atoms with van der Waals surface area (Å²) >= 11 is 0. The van der Waals surface area contributed by atoms with Crippen LogP contribution in [-0.2, 0) is 20.9 Å². The lowest BCUT2D eigenvalue weighted by atomic mass is 10.1. The number of benzene rings is 1. The maximum absolute atomic E-state index is 11.9. The monoisotopic (exact) mass is 304 g/mol. The van der Waals surface area contributed by atoms with Crippen LogP contribution < -0.4 is 10.4 Å². The van der Waals surface area contributed by atoms with E-state index in [1.165, 1.54) is 13.2 Å². The third-order valence-corrected chi connectivity index (χ3v) is 3.60. The third-order valence-electron chi connectivity index (χ3n) is 3.60. The van der Waals surface area contributed by atoms with Gasteiger partial charge in [0.15, 0.2) is 6.10 Å². The molecule has 116 valence electrons. The van der Waals surface area contributed by atoms with Gasteiger partial charge in [-0.15, -0.1) is 0 Å². The Balaban J connectivity index is 1.83. The van der Waals surface area contributed by atoms with Crippen molar-refractivity contribution in [1.82, 2.24) is 0 Å². The quantitative estimate of drug-likeness (QED) is 0.635. The number of rotatable bonds is 4. The Morgan fingerprint density at radius 2 is 2.23 bits per heavy atom. The van der Waals surface area contributed by atoms with Crippen LogP contribution in [0, 0.1) is 0 Å². The lowest BCUT2D eigenvalue weighted by Gasteiger charge is -2.11. The molecule has 0 amide bonds. The van der Waals surface area contributed by atoms with E-state index in [2.05, 4.69) is 0 Å². The van der Waals surface area contributed by atoms with Gasteiger partial charge in [0.1, 0.15) is 17.9 Å². The number of ether oxygens (including phenoxy) is 3. The molecule has 0 unspecified atom stereocenters. The van der Waals surface area contributed by atoms with Gasteiger partial charge in [0.25, 0.3) is 0 Å². The second-order valence-corrected chi connectivity index (χ2v) is 5.06. The van der Waals surface area contributed by atoms with Crippen molar-refractivity contribution in [3.05, 3.63) is 40.2 Å². The van der Waals surface area contributed by atoms with E-state index in [0.717, 1.165) is 6.42 Å². The first-order valence-electron chi connectivity index (χ1n) is 7.06. The van der Waals surface area contributed by atoms with E-state index in [-0.39, 0.29) is 6.61 Å². The lowest BCUT2D eigenvalue weighted by Crippen LogP contribution is -2.22. The van der Waals surface area contributed by atoms with Gasteiger partial charge in [0, 0.05) is 29.7 Å². The van der Waals surface area contributed by atoms with Gasteiger partial charge in [-0.1, -0.05) is 0 Å². The van der Waals surface area contributed by atoms with Crippen molar-refractivity contribution < 1.29 is 23.4 Å². The second kappa shape index (κ2) is 6.19. The largest absolute Gasteiger partial charge is 0.497 e. The summed E-state index contributed by atoms with van der Waals surface area (Å²) in [5.74, 6) is 0.191. The maximum Gasteiger partial charge on any atom is 0.336 e. The highest BCUT2D eigenvalue weighted by Crippen LogP contribution is 2.23. The zero-order valence-corrected chi connectivity index (χ0v) is 12.2. The topological polar surface area (TPSA) is 75.0 Å². The van der Waals surface area contributed by atoms with E-state index in [0.29, 0.717) is 35.3 Å². The summed E-state index contributed by atoms with van der Waals surface area (Å²) < 4.78 is 20.8. The van der Waals surface area contributed by atoms with Crippen molar-refractivity contribution in [3.8, 4) is 5.75 Å². The van der Waals surface area contributed by atoms with E-state index in [1.807, 2.05) is 0 Å². The molecule has 0 spiro atoms. The molecule has 1 atom stereocenters. The Hall–Kier alpha value is -2.34. The van der Waals surface area contributed by atoms with Gasteiger partial charge >= 0.3 is 11.6 Å². The van der Waals surface area contributed by atoms with Gasteiger partial charge in [0.2, 0.25) is 0 Å². The first kappa shape index (κ1) is 14.6. The highest BCUT2D eigenvalue weighted by atomic mass is 16.6. The van der Waals surface area contributed by atoms with E-state index >= 15 is 0 Å². The molecule has 2 heterocycles. The van der Waals surface area contributed by atoms with Crippen LogP contribution in [0.1, 0.15) is 18.4 Å². The van der Waals surface area contributed by atoms with Gasteiger partial charge in [-0.3, -0.25) is 0 Å². The standard InChI is InChI=1S/C16H16O6/c1-19-11-4-5-12-10(7-15(17)22-14(12)8-11)9-21-16(18)13-3-2-6-20-13/h4-5,7-8,13H,2-3,6,9H2,1H3/t13-/m1/s1. The van der Waals surface area contributed by atoms with Gasteiger partial charge in [-0.25, -0.2) is 9.59 Å². The van der Waals surface area contributed by atoms with Crippen molar-refractivity contribution in [3.63, 3.8) is 0 Å². The summed E-state index contributed by atoms with van der Waals surface area (Å²) in [4.78, 5) is 23.5. The number of esters is 1. The Morgan fingerprint density at radius 1 is 1.36 bits per heavy atom. The fourth-order valence-electron chi connectivity index (χ4n) is 2.46. The van der Waals surface area contributed by atoms with E-state index in [4.69, 9.17) is 18.6 Å². The first-order chi connectivity index (χ1) is 10.7. The van der Waals surface area contributed by atoms with Crippen molar-refractivity contribution >= 4 is 16.9 Å². The molecule has 0 bridgehead atoms. The average Bonchev–Trinajstić information content (AvgIpc) is 3.05. The Labute approximate surface area is 126 Å². The van der Waals surface area contributed by atoms with Gasteiger partial charge in [-0.2, -0.15) is 0 Å². The molecule has 1 aliphatic rings. The van der Waals surface area contributed by atoms with Crippen LogP contribution in [0.25, 0.3) is 11.0 Å². The summed E-state index contributed by atoms with van der Waals surface area (Å²) in [5.41, 5.74) is 0.499. The highest BCUT2D eigenvalue weighted by Gasteiger charge is 2.25. The van der Waals surface area contributed by atoms with E-state index < -0.39 is 17.7 Å². The van der Waals surface area contributed by atoms with Gasteiger partial charge in [-0.05, 0) is 25.0 Å². The van der Waals surface area contributed by atoms with Gasteiger partial charge < -0.3 is 18.6 Å². The molecule has 0 saturated carbocycles. The predicted octanol–water partition coefficient (Wildman–Crippen LogP) is 2.02. The average molecular weight is 304 g/mol. The van der Waals surface area contributed by atoms with E-state index in [1.54, 1.807) is 18.2 Å². The molecule has 6 nitrogen and oxygen atoms in total. The number of hydrogen-bond donors (Lipinski definition) is 0. The maximum atomic E-state index is 11.9. The van der Waals surface area contributed by atoms with Crippen LogP contribution in [0.2, 0.25) is 0 Å². The van der Waals surface area contributed by atoms with Gasteiger partial charge in [0.05, 0.1) is 7.11 Å². The van der Waals surface area contributed by atoms with Crippen LogP contribution in [-0.4, -0.2) is 25.8 Å². The Bertz CT molecular complexity index is 742. The summed E-state index contributed by atoms with van der Waals surface area (Å²) in [6.45, 7) is 0.588. The summed E-state index contributed by atoms with van der Waals surface area (Å²) in [7, 11) is 1.53. The van der Waals surface area contributed by atoms with Crippen molar-refractivity contribution in [2.45, 2.75) is 25.6 Å². The highest BCUT2D eigenvalue weighted by molar-refractivity contribution is 5.82. The predicted molar refractivity (Wildman–Crippen MR) is 77.8 cm³/mol. The molecular weight excluding hydrogens is 288 g/mol. The summed E-state index contributed by atoms with van der Waals surface area (Å²) in [6, 6.07) is 6.49. The van der Waals surface area contributed by atoms with Crippen molar-refractivity contribution in [2.24, 2.45) is 0 Å². The first-order valence-corrected chi connectivity index (χ1v) is 7.06. The number of methoxy groups -OCH3 is 1. The molecule has 1 aromatic carbocycles. The Kier molecular flexibility index (Phi) is 4.11.